The van der Waals surface area contributed by atoms with Crippen LogP contribution < -0.4 is 5.32 Å². The molecule has 82 valence electrons. The maximum absolute atomic E-state index is 3.68. The molecule has 0 saturated heterocycles. The summed E-state index contributed by atoms with van der Waals surface area (Å²) >= 11 is 0. The van der Waals surface area contributed by atoms with Crippen LogP contribution in [0.2, 0.25) is 0 Å². The van der Waals surface area contributed by atoms with Crippen LogP contribution in [0, 0.1) is 13.8 Å². The lowest BCUT2D eigenvalue weighted by atomic mass is 9.91. The first-order chi connectivity index (χ1) is 7.16. The number of hydrogen-bond donors (Lipinski definition) is 1. The van der Waals surface area contributed by atoms with Crippen LogP contribution in [0.1, 0.15) is 48.9 Å². The predicted octanol–water partition coefficient (Wildman–Crippen LogP) is 3.51. The summed E-state index contributed by atoms with van der Waals surface area (Å²) in [4.78, 5) is 0. The van der Waals surface area contributed by atoms with E-state index in [1.807, 2.05) is 0 Å². The van der Waals surface area contributed by atoms with E-state index >= 15 is 0 Å². The normalized spacial score (nSPS) is 18.6. The molecule has 0 heterocycles. The summed E-state index contributed by atoms with van der Waals surface area (Å²) in [6.45, 7) is 6.63. The van der Waals surface area contributed by atoms with Crippen LogP contribution in [-0.4, -0.2) is 6.04 Å². The smallest absolute Gasteiger partial charge is 0.0294 e. The Bertz CT molecular complexity index is 339. The molecule has 0 amide bonds. The molecule has 1 saturated carbocycles. The molecule has 15 heavy (non-hydrogen) atoms. The van der Waals surface area contributed by atoms with Crippen molar-refractivity contribution in [3.63, 3.8) is 0 Å². The van der Waals surface area contributed by atoms with Gasteiger partial charge in [-0.05, 0) is 50.3 Å². The molecule has 1 aliphatic rings. The zero-order chi connectivity index (χ0) is 10.8. The molecule has 0 bridgehead atoms. The molecule has 1 unspecified atom stereocenters. The van der Waals surface area contributed by atoms with Crippen molar-refractivity contribution in [2.24, 2.45) is 0 Å². The van der Waals surface area contributed by atoms with E-state index in [-0.39, 0.29) is 0 Å². The molecule has 1 aromatic rings. The van der Waals surface area contributed by atoms with E-state index in [0.29, 0.717) is 6.04 Å². The van der Waals surface area contributed by atoms with Gasteiger partial charge in [0, 0.05) is 12.1 Å². The van der Waals surface area contributed by atoms with E-state index in [1.54, 1.807) is 0 Å². The van der Waals surface area contributed by atoms with E-state index in [2.05, 4.69) is 44.3 Å². The lowest BCUT2D eigenvalue weighted by Crippen LogP contribution is -2.36. The van der Waals surface area contributed by atoms with Gasteiger partial charge in [-0.15, -0.1) is 0 Å². The van der Waals surface area contributed by atoms with Gasteiger partial charge in [0.1, 0.15) is 0 Å². The second-order valence-electron chi connectivity index (χ2n) is 4.86. The molecule has 1 fully saturated rings. The number of nitrogens with one attached hydrogen (secondary N) is 1. The summed E-state index contributed by atoms with van der Waals surface area (Å²) in [6.07, 6.45) is 4.11. The Labute approximate surface area is 92.9 Å². The van der Waals surface area contributed by atoms with Crippen LogP contribution in [0.25, 0.3) is 0 Å². The van der Waals surface area contributed by atoms with Gasteiger partial charge in [0.25, 0.3) is 0 Å². The Balaban J connectivity index is 2.03. The maximum atomic E-state index is 3.68. The van der Waals surface area contributed by atoms with E-state index in [4.69, 9.17) is 0 Å². The third kappa shape index (κ3) is 2.40. The predicted molar refractivity (Wildman–Crippen MR) is 65.1 cm³/mol. The van der Waals surface area contributed by atoms with Gasteiger partial charge in [-0.2, -0.15) is 0 Å². The number of aryl methyl sites for hydroxylation is 2. The van der Waals surface area contributed by atoms with Crippen molar-refractivity contribution in [2.75, 3.05) is 0 Å². The number of benzene rings is 1. The highest BCUT2D eigenvalue weighted by atomic mass is 15.0. The zero-order valence-electron chi connectivity index (χ0n) is 10.0. The fourth-order valence-corrected chi connectivity index (χ4v) is 2.06. The topological polar surface area (TPSA) is 12.0 Å². The first-order valence-electron chi connectivity index (χ1n) is 6.00. The molecule has 1 atom stereocenters. The highest BCUT2D eigenvalue weighted by Crippen LogP contribution is 2.23. The molecule has 2 rings (SSSR count). The maximum Gasteiger partial charge on any atom is 0.0294 e. The van der Waals surface area contributed by atoms with Gasteiger partial charge in [0.05, 0.1) is 0 Å². The highest BCUT2D eigenvalue weighted by molar-refractivity contribution is 5.31. The Morgan fingerprint density at radius 3 is 2.47 bits per heavy atom. The minimum Gasteiger partial charge on any atom is -0.307 e. The third-order valence-corrected chi connectivity index (χ3v) is 3.62. The van der Waals surface area contributed by atoms with Crippen LogP contribution in [0.5, 0.6) is 0 Å². The second kappa shape index (κ2) is 4.36. The van der Waals surface area contributed by atoms with Crippen LogP contribution in [0.3, 0.4) is 0 Å². The molecule has 0 spiro atoms. The van der Waals surface area contributed by atoms with Gasteiger partial charge in [-0.25, -0.2) is 0 Å². The first kappa shape index (κ1) is 10.7. The van der Waals surface area contributed by atoms with Crippen LogP contribution >= 0.6 is 0 Å². The molecule has 1 heteroatoms. The molecule has 1 nitrogen and oxygen atoms in total. The summed E-state index contributed by atoms with van der Waals surface area (Å²) in [6, 6.07) is 8.05. The third-order valence-electron chi connectivity index (χ3n) is 3.62. The number of hydrogen-bond acceptors (Lipinski definition) is 1. The lowest BCUT2D eigenvalue weighted by Gasteiger charge is -2.30. The highest BCUT2D eigenvalue weighted by Gasteiger charge is 2.19. The summed E-state index contributed by atoms with van der Waals surface area (Å²) in [7, 11) is 0. The molecule has 1 aliphatic carbocycles. The minimum absolute atomic E-state index is 0.495. The summed E-state index contributed by atoms with van der Waals surface area (Å²) in [5.74, 6) is 0. The zero-order valence-corrected chi connectivity index (χ0v) is 10.0. The van der Waals surface area contributed by atoms with Crippen LogP contribution in [0.4, 0.5) is 0 Å². The van der Waals surface area contributed by atoms with Crippen molar-refractivity contribution in [3.8, 4) is 0 Å². The average molecular weight is 203 g/mol. The Hall–Kier alpha value is -0.820. The Morgan fingerprint density at radius 1 is 1.20 bits per heavy atom. The van der Waals surface area contributed by atoms with Gasteiger partial charge in [-0.1, -0.05) is 24.6 Å². The van der Waals surface area contributed by atoms with Crippen LogP contribution in [-0.2, 0) is 0 Å². The molecule has 1 N–H and O–H groups in total. The van der Waals surface area contributed by atoms with Crippen molar-refractivity contribution < 1.29 is 0 Å². The van der Waals surface area contributed by atoms with Crippen molar-refractivity contribution in [1.29, 1.82) is 0 Å². The summed E-state index contributed by atoms with van der Waals surface area (Å²) < 4.78 is 0. The lowest BCUT2D eigenvalue weighted by molar-refractivity contribution is 0.313. The van der Waals surface area contributed by atoms with Crippen molar-refractivity contribution >= 4 is 0 Å². The largest absolute Gasteiger partial charge is 0.307 e. The van der Waals surface area contributed by atoms with Crippen LogP contribution in [0.15, 0.2) is 18.2 Å². The number of rotatable bonds is 3. The fraction of sp³-hybridized carbons (Fsp3) is 0.571. The monoisotopic (exact) mass is 203 g/mol. The molecule has 0 aromatic heterocycles. The molecule has 0 aliphatic heterocycles. The summed E-state index contributed by atoms with van der Waals surface area (Å²) in [5, 5.41) is 3.68. The first-order valence-corrected chi connectivity index (χ1v) is 6.00. The Kier molecular flexibility index (Phi) is 3.11. The van der Waals surface area contributed by atoms with E-state index < -0.39 is 0 Å². The molecular formula is C14H21N. The van der Waals surface area contributed by atoms with E-state index in [0.717, 1.165) is 6.04 Å². The van der Waals surface area contributed by atoms with Gasteiger partial charge >= 0.3 is 0 Å². The van der Waals surface area contributed by atoms with Crippen molar-refractivity contribution in [3.05, 3.63) is 34.9 Å². The SMILES string of the molecule is Cc1ccc(C(C)NC2CCC2)cc1C. The molecule has 1 aromatic carbocycles. The molecule has 0 radical (unpaired) electrons. The second-order valence-corrected chi connectivity index (χ2v) is 4.86. The fourth-order valence-electron chi connectivity index (χ4n) is 2.06. The average Bonchev–Trinajstić information content (AvgIpc) is 2.15. The van der Waals surface area contributed by atoms with Gasteiger partial charge < -0.3 is 5.32 Å². The van der Waals surface area contributed by atoms with Gasteiger partial charge in [0.15, 0.2) is 0 Å². The Morgan fingerprint density at radius 2 is 1.93 bits per heavy atom. The summed E-state index contributed by atoms with van der Waals surface area (Å²) in [5.41, 5.74) is 4.20. The molecular weight excluding hydrogens is 182 g/mol. The van der Waals surface area contributed by atoms with Crippen molar-refractivity contribution in [2.45, 2.75) is 52.1 Å². The van der Waals surface area contributed by atoms with E-state index in [1.165, 1.54) is 36.0 Å². The van der Waals surface area contributed by atoms with Crippen molar-refractivity contribution in [1.82, 2.24) is 5.32 Å². The van der Waals surface area contributed by atoms with E-state index in [9.17, 15) is 0 Å². The van der Waals surface area contributed by atoms with Gasteiger partial charge in [0.2, 0.25) is 0 Å². The quantitative estimate of drug-likeness (QED) is 0.792. The minimum atomic E-state index is 0.495. The van der Waals surface area contributed by atoms with Gasteiger partial charge in [-0.3, -0.25) is 0 Å². The standard InChI is InChI=1S/C14H21N/c1-10-7-8-13(9-11(10)2)12(3)15-14-5-4-6-14/h7-9,12,14-15H,4-6H2,1-3H3.